The Bertz CT molecular complexity index is 472. The summed E-state index contributed by atoms with van der Waals surface area (Å²) in [6, 6.07) is 8.80. The predicted molar refractivity (Wildman–Crippen MR) is 89.8 cm³/mol. The van der Waals surface area contributed by atoms with Crippen molar-refractivity contribution in [3.63, 3.8) is 0 Å². The zero-order valence-electron chi connectivity index (χ0n) is 13.8. The first kappa shape index (κ1) is 16.8. The molecule has 0 bridgehead atoms. The molecule has 3 atom stereocenters. The molecule has 3 heteroatoms. The Labute approximate surface area is 134 Å². The first-order chi connectivity index (χ1) is 9.82. The van der Waals surface area contributed by atoms with Gasteiger partial charge in [-0.25, -0.2) is 0 Å². The molecular weight excluding hydrogens is 282 g/mol. The van der Waals surface area contributed by atoms with E-state index >= 15 is 0 Å². The monoisotopic (exact) mass is 309 g/mol. The average Bonchev–Trinajstić information content (AvgIpc) is 2.41. The summed E-state index contributed by atoms with van der Waals surface area (Å²) in [6.45, 7) is 12.0. The van der Waals surface area contributed by atoms with Gasteiger partial charge in [0.1, 0.15) is 0 Å². The van der Waals surface area contributed by atoms with E-state index in [0.717, 1.165) is 18.1 Å². The molecule has 1 fully saturated rings. The second-order valence-corrected chi connectivity index (χ2v) is 7.64. The van der Waals surface area contributed by atoms with Crippen molar-refractivity contribution in [1.82, 2.24) is 5.32 Å². The lowest BCUT2D eigenvalue weighted by Crippen LogP contribution is -2.61. The van der Waals surface area contributed by atoms with E-state index < -0.39 is 0 Å². The SMILES string of the molecule is CC(C)COC1CC(N[C@H](C)c2ccccc2Cl)C1(C)C. The highest BCUT2D eigenvalue weighted by molar-refractivity contribution is 6.31. The molecule has 0 amide bonds. The molecule has 1 N–H and O–H groups in total. The molecule has 118 valence electrons. The number of hydrogen-bond acceptors (Lipinski definition) is 2. The molecule has 0 heterocycles. The fourth-order valence-corrected chi connectivity index (χ4v) is 3.28. The minimum atomic E-state index is 0.171. The van der Waals surface area contributed by atoms with Gasteiger partial charge in [-0.2, -0.15) is 0 Å². The normalized spacial score (nSPS) is 25.7. The van der Waals surface area contributed by atoms with Crippen LogP contribution in [-0.2, 0) is 4.74 Å². The molecule has 0 radical (unpaired) electrons. The van der Waals surface area contributed by atoms with Crippen molar-refractivity contribution < 1.29 is 4.74 Å². The summed E-state index contributed by atoms with van der Waals surface area (Å²) in [5.74, 6) is 0.592. The van der Waals surface area contributed by atoms with Crippen LogP contribution in [0.2, 0.25) is 5.02 Å². The van der Waals surface area contributed by atoms with Gasteiger partial charge in [-0.1, -0.05) is 57.5 Å². The third-order valence-corrected chi connectivity index (χ3v) is 4.98. The Morgan fingerprint density at radius 1 is 1.29 bits per heavy atom. The minimum Gasteiger partial charge on any atom is -0.377 e. The molecule has 0 aromatic heterocycles. The van der Waals surface area contributed by atoms with Gasteiger partial charge in [0.25, 0.3) is 0 Å². The van der Waals surface area contributed by atoms with Gasteiger partial charge in [0.15, 0.2) is 0 Å². The van der Waals surface area contributed by atoms with Gasteiger partial charge < -0.3 is 10.1 Å². The molecule has 2 rings (SSSR count). The molecule has 1 aliphatic carbocycles. The predicted octanol–water partition coefficient (Wildman–Crippen LogP) is 4.83. The lowest BCUT2D eigenvalue weighted by Gasteiger charge is -2.53. The molecule has 0 saturated heterocycles. The van der Waals surface area contributed by atoms with Crippen LogP contribution in [0.3, 0.4) is 0 Å². The lowest BCUT2D eigenvalue weighted by atomic mass is 9.64. The molecule has 1 saturated carbocycles. The summed E-state index contributed by atoms with van der Waals surface area (Å²) in [6.07, 6.45) is 1.44. The quantitative estimate of drug-likeness (QED) is 0.812. The van der Waals surface area contributed by atoms with Gasteiger partial charge in [-0.3, -0.25) is 0 Å². The molecule has 21 heavy (non-hydrogen) atoms. The van der Waals surface area contributed by atoms with Crippen molar-refractivity contribution in [2.45, 2.75) is 59.2 Å². The minimum absolute atomic E-state index is 0.171. The zero-order valence-corrected chi connectivity index (χ0v) is 14.6. The molecule has 2 nitrogen and oxygen atoms in total. The van der Waals surface area contributed by atoms with Crippen molar-refractivity contribution in [2.24, 2.45) is 11.3 Å². The van der Waals surface area contributed by atoms with Crippen molar-refractivity contribution in [3.8, 4) is 0 Å². The summed E-state index contributed by atoms with van der Waals surface area (Å²) in [7, 11) is 0. The van der Waals surface area contributed by atoms with Crippen LogP contribution in [0, 0.1) is 11.3 Å². The number of hydrogen-bond donors (Lipinski definition) is 1. The highest BCUT2D eigenvalue weighted by atomic mass is 35.5. The van der Waals surface area contributed by atoms with Crippen LogP contribution in [-0.4, -0.2) is 18.8 Å². The number of halogens is 1. The first-order valence-corrected chi connectivity index (χ1v) is 8.32. The van der Waals surface area contributed by atoms with Crippen LogP contribution in [0.1, 0.15) is 52.6 Å². The van der Waals surface area contributed by atoms with Crippen LogP contribution in [0.15, 0.2) is 24.3 Å². The topological polar surface area (TPSA) is 21.3 Å². The summed E-state index contributed by atoms with van der Waals surface area (Å²) in [4.78, 5) is 0. The Kier molecular flexibility index (Phi) is 5.34. The summed E-state index contributed by atoms with van der Waals surface area (Å²) >= 11 is 6.28. The van der Waals surface area contributed by atoms with Gasteiger partial charge in [-0.05, 0) is 30.9 Å². The van der Waals surface area contributed by atoms with Gasteiger partial charge in [0.05, 0.1) is 6.10 Å². The molecule has 1 aliphatic rings. The Hall–Kier alpha value is -0.570. The van der Waals surface area contributed by atoms with Crippen molar-refractivity contribution in [1.29, 1.82) is 0 Å². The molecule has 0 aliphatic heterocycles. The van der Waals surface area contributed by atoms with E-state index in [1.165, 1.54) is 5.56 Å². The Balaban J connectivity index is 1.92. The maximum absolute atomic E-state index is 6.28. The molecular formula is C18H28ClNO. The van der Waals surface area contributed by atoms with Crippen molar-refractivity contribution >= 4 is 11.6 Å². The van der Waals surface area contributed by atoms with Crippen molar-refractivity contribution in [3.05, 3.63) is 34.9 Å². The maximum atomic E-state index is 6.28. The summed E-state index contributed by atoms with van der Waals surface area (Å²) < 4.78 is 6.03. The van der Waals surface area contributed by atoms with Crippen LogP contribution >= 0.6 is 11.6 Å². The van der Waals surface area contributed by atoms with Crippen LogP contribution in [0.5, 0.6) is 0 Å². The number of rotatable bonds is 6. The standard InChI is InChI=1S/C18H28ClNO/c1-12(2)11-21-17-10-16(18(17,4)5)20-13(3)14-8-6-7-9-15(14)19/h6-9,12-13,16-17,20H,10-11H2,1-5H3/t13-,16?,17?/m1/s1. The van der Waals surface area contributed by atoms with Crippen LogP contribution in [0.25, 0.3) is 0 Å². The van der Waals surface area contributed by atoms with Crippen LogP contribution < -0.4 is 5.32 Å². The van der Waals surface area contributed by atoms with Gasteiger partial charge in [0.2, 0.25) is 0 Å². The third-order valence-electron chi connectivity index (χ3n) is 4.63. The third kappa shape index (κ3) is 3.80. The van der Waals surface area contributed by atoms with E-state index in [2.05, 4.69) is 46.0 Å². The second-order valence-electron chi connectivity index (χ2n) is 7.24. The maximum Gasteiger partial charge on any atom is 0.0656 e. The largest absolute Gasteiger partial charge is 0.377 e. The van der Waals surface area contributed by atoms with Gasteiger partial charge in [0, 0.05) is 29.1 Å². The summed E-state index contributed by atoms with van der Waals surface area (Å²) in [5.41, 5.74) is 1.34. The molecule has 1 aromatic rings. The van der Waals surface area contributed by atoms with E-state index in [0.29, 0.717) is 18.1 Å². The first-order valence-electron chi connectivity index (χ1n) is 7.94. The molecule has 2 unspecified atom stereocenters. The second kappa shape index (κ2) is 6.68. The smallest absolute Gasteiger partial charge is 0.0656 e. The van der Waals surface area contributed by atoms with Crippen molar-refractivity contribution in [2.75, 3.05) is 6.61 Å². The van der Waals surface area contributed by atoms with E-state index in [1.807, 2.05) is 18.2 Å². The fourth-order valence-electron chi connectivity index (χ4n) is 2.98. The van der Waals surface area contributed by atoms with E-state index in [1.54, 1.807) is 0 Å². The molecule has 1 aromatic carbocycles. The van der Waals surface area contributed by atoms with E-state index in [4.69, 9.17) is 16.3 Å². The zero-order chi connectivity index (χ0) is 15.6. The Morgan fingerprint density at radius 3 is 2.52 bits per heavy atom. The average molecular weight is 310 g/mol. The Morgan fingerprint density at radius 2 is 1.95 bits per heavy atom. The van der Waals surface area contributed by atoms with E-state index in [-0.39, 0.29) is 11.5 Å². The van der Waals surface area contributed by atoms with Crippen LogP contribution in [0.4, 0.5) is 0 Å². The lowest BCUT2D eigenvalue weighted by molar-refractivity contribution is -0.125. The van der Waals surface area contributed by atoms with Gasteiger partial charge >= 0.3 is 0 Å². The van der Waals surface area contributed by atoms with Gasteiger partial charge in [-0.15, -0.1) is 0 Å². The van der Waals surface area contributed by atoms with E-state index in [9.17, 15) is 0 Å². The number of benzene rings is 1. The molecule has 0 spiro atoms. The summed E-state index contributed by atoms with van der Waals surface area (Å²) in [5, 5.41) is 4.55. The number of ether oxygens (including phenoxy) is 1. The number of nitrogens with one attached hydrogen (secondary N) is 1. The highest BCUT2D eigenvalue weighted by Crippen LogP contribution is 2.44. The fraction of sp³-hybridized carbons (Fsp3) is 0.667. The highest BCUT2D eigenvalue weighted by Gasteiger charge is 2.49.